The maximum absolute atomic E-state index is 10.8. The third kappa shape index (κ3) is 1.40. The number of aromatic carboxylic acids is 1. The summed E-state index contributed by atoms with van der Waals surface area (Å²) < 4.78 is 0. The molecule has 0 saturated carbocycles. The number of carboxylic acid groups (broad SMARTS) is 1. The molecule has 1 aromatic carbocycles. The summed E-state index contributed by atoms with van der Waals surface area (Å²) in [4.78, 5) is 14.7. The van der Waals surface area contributed by atoms with Crippen LogP contribution >= 0.6 is 0 Å². The number of fused-ring (bicyclic) bond motifs is 1. The standard InChI is InChI=1S/C11H9NO3/c1-6-4-5-12-9-7(6)2-3-8(10(9)13)11(14)15/h2-5,13H,1H3,(H,14,15). The van der Waals surface area contributed by atoms with Gasteiger partial charge in [0.2, 0.25) is 0 Å². The van der Waals surface area contributed by atoms with Crippen molar-refractivity contribution < 1.29 is 15.0 Å². The second kappa shape index (κ2) is 3.24. The molecule has 0 spiro atoms. The van der Waals surface area contributed by atoms with Crippen LogP contribution in [0.3, 0.4) is 0 Å². The molecule has 76 valence electrons. The van der Waals surface area contributed by atoms with Crippen molar-refractivity contribution in [2.75, 3.05) is 0 Å². The first kappa shape index (κ1) is 9.45. The maximum Gasteiger partial charge on any atom is 0.339 e. The Bertz CT molecular complexity index is 549. The minimum Gasteiger partial charge on any atom is -0.505 e. The maximum atomic E-state index is 10.8. The van der Waals surface area contributed by atoms with Crippen LogP contribution in [0.25, 0.3) is 10.9 Å². The van der Waals surface area contributed by atoms with Crippen LogP contribution in [0.5, 0.6) is 5.75 Å². The molecule has 2 rings (SSSR count). The molecular formula is C11H9NO3. The van der Waals surface area contributed by atoms with E-state index in [1.807, 2.05) is 13.0 Å². The molecule has 4 nitrogen and oxygen atoms in total. The molecule has 0 aliphatic heterocycles. The Balaban J connectivity index is 2.86. The molecule has 0 amide bonds. The zero-order valence-corrected chi connectivity index (χ0v) is 8.06. The molecule has 2 aromatic rings. The Kier molecular flexibility index (Phi) is 2.04. The minimum atomic E-state index is -1.15. The molecule has 0 bridgehead atoms. The second-order valence-electron chi connectivity index (χ2n) is 3.29. The number of carbonyl (C=O) groups is 1. The fraction of sp³-hybridized carbons (Fsp3) is 0.0909. The van der Waals surface area contributed by atoms with Crippen LogP contribution in [0, 0.1) is 6.92 Å². The average Bonchev–Trinajstić information content (AvgIpc) is 2.19. The number of aromatic hydroxyl groups is 1. The predicted molar refractivity (Wildman–Crippen MR) is 55.1 cm³/mol. The van der Waals surface area contributed by atoms with Crippen molar-refractivity contribution in [1.82, 2.24) is 4.98 Å². The van der Waals surface area contributed by atoms with Gasteiger partial charge in [-0.3, -0.25) is 4.98 Å². The molecule has 0 unspecified atom stereocenters. The summed E-state index contributed by atoms with van der Waals surface area (Å²) in [5.74, 6) is -1.43. The minimum absolute atomic E-state index is 0.124. The zero-order valence-electron chi connectivity index (χ0n) is 8.06. The highest BCUT2D eigenvalue weighted by Gasteiger charge is 2.13. The van der Waals surface area contributed by atoms with Crippen LogP contribution in [-0.2, 0) is 0 Å². The lowest BCUT2D eigenvalue weighted by Crippen LogP contribution is -1.97. The number of benzene rings is 1. The number of aryl methyl sites for hydroxylation is 1. The van der Waals surface area contributed by atoms with Gasteiger partial charge in [0, 0.05) is 11.6 Å². The highest BCUT2D eigenvalue weighted by atomic mass is 16.4. The lowest BCUT2D eigenvalue weighted by atomic mass is 10.1. The van der Waals surface area contributed by atoms with E-state index in [1.54, 1.807) is 12.3 Å². The van der Waals surface area contributed by atoms with Crippen molar-refractivity contribution in [1.29, 1.82) is 0 Å². The number of aromatic nitrogens is 1. The molecular weight excluding hydrogens is 194 g/mol. The molecule has 0 fully saturated rings. The van der Waals surface area contributed by atoms with E-state index in [0.29, 0.717) is 5.52 Å². The summed E-state index contributed by atoms with van der Waals surface area (Å²) in [5, 5.41) is 19.3. The molecule has 1 aromatic heterocycles. The number of hydrogen-bond donors (Lipinski definition) is 2. The Morgan fingerprint density at radius 3 is 2.73 bits per heavy atom. The smallest absolute Gasteiger partial charge is 0.339 e. The highest BCUT2D eigenvalue weighted by molar-refractivity contribution is 5.99. The third-order valence-electron chi connectivity index (χ3n) is 2.33. The van der Waals surface area contributed by atoms with Gasteiger partial charge in [-0.1, -0.05) is 6.07 Å². The molecule has 1 heterocycles. The number of hydrogen-bond acceptors (Lipinski definition) is 3. The first-order chi connectivity index (χ1) is 7.11. The molecule has 0 atom stereocenters. The van der Waals surface area contributed by atoms with Crippen molar-refractivity contribution >= 4 is 16.9 Å². The molecule has 0 saturated heterocycles. The van der Waals surface area contributed by atoms with Crippen molar-refractivity contribution in [3.8, 4) is 5.75 Å². The SMILES string of the molecule is Cc1ccnc2c(O)c(C(=O)O)ccc12. The van der Waals surface area contributed by atoms with E-state index >= 15 is 0 Å². The summed E-state index contributed by atoms with van der Waals surface area (Å²) in [6, 6.07) is 4.84. The predicted octanol–water partition coefficient (Wildman–Crippen LogP) is 1.95. The summed E-state index contributed by atoms with van der Waals surface area (Å²) >= 11 is 0. The van der Waals surface area contributed by atoms with E-state index in [9.17, 15) is 9.90 Å². The van der Waals surface area contributed by atoms with Gasteiger partial charge in [-0.2, -0.15) is 0 Å². The van der Waals surface area contributed by atoms with Crippen molar-refractivity contribution in [3.05, 3.63) is 35.5 Å². The number of rotatable bonds is 1. The first-order valence-corrected chi connectivity index (χ1v) is 4.42. The van der Waals surface area contributed by atoms with Gasteiger partial charge in [-0.05, 0) is 24.6 Å². The van der Waals surface area contributed by atoms with E-state index in [-0.39, 0.29) is 11.3 Å². The van der Waals surface area contributed by atoms with Gasteiger partial charge < -0.3 is 10.2 Å². The van der Waals surface area contributed by atoms with E-state index in [2.05, 4.69) is 4.98 Å². The largest absolute Gasteiger partial charge is 0.505 e. The average molecular weight is 203 g/mol. The van der Waals surface area contributed by atoms with Gasteiger partial charge in [-0.25, -0.2) is 4.79 Å². The molecule has 4 heteroatoms. The van der Waals surface area contributed by atoms with Gasteiger partial charge in [0.15, 0.2) is 5.75 Å². The van der Waals surface area contributed by atoms with Crippen LogP contribution < -0.4 is 0 Å². The van der Waals surface area contributed by atoms with E-state index < -0.39 is 5.97 Å². The molecule has 0 aliphatic rings. The van der Waals surface area contributed by atoms with Gasteiger partial charge in [0.05, 0.1) is 0 Å². The lowest BCUT2D eigenvalue weighted by molar-refractivity contribution is 0.0694. The van der Waals surface area contributed by atoms with Gasteiger partial charge in [0.25, 0.3) is 0 Å². The Morgan fingerprint density at radius 1 is 1.33 bits per heavy atom. The van der Waals surface area contributed by atoms with Crippen molar-refractivity contribution in [3.63, 3.8) is 0 Å². The van der Waals surface area contributed by atoms with Crippen LogP contribution in [-0.4, -0.2) is 21.2 Å². The van der Waals surface area contributed by atoms with Crippen LogP contribution in [0.4, 0.5) is 0 Å². The van der Waals surface area contributed by atoms with Crippen LogP contribution in [0.15, 0.2) is 24.4 Å². The number of carboxylic acids is 1. The summed E-state index contributed by atoms with van der Waals surface area (Å²) in [7, 11) is 0. The lowest BCUT2D eigenvalue weighted by Gasteiger charge is -2.05. The second-order valence-corrected chi connectivity index (χ2v) is 3.29. The Morgan fingerprint density at radius 2 is 2.07 bits per heavy atom. The fourth-order valence-electron chi connectivity index (χ4n) is 1.51. The number of nitrogens with zero attached hydrogens (tertiary/aromatic N) is 1. The van der Waals surface area contributed by atoms with Gasteiger partial charge in [-0.15, -0.1) is 0 Å². The summed E-state index contributed by atoms with van der Waals surface area (Å²) in [6.45, 7) is 1.88. The number of phenols is 1. The summed E-state index contributed by atoms with van der Waals surface area (Å²) in [5.41, 5.74) is 1.16. The molecule has 0 aliphatic carbocycles. The Labute approximate surface area is 85.8 Å². The van der Waals surface area contributed by atoms with Gasteiger partial charge >= 0.3 is 5.97 Å². The normalized spacial score (nSPS) is 10.5. The fourth-order valence-corrected chi connectivity index (χ4v) is 1.51. The van der Waals surface area contributed by atoms with Gasteiger partial charge in [0.1, 0.15) is 11.1 Å². The van der Waals surface area contributed by atoms with Crippen LogP contribution in [0.2, 0.25) is 0 Å². The van der Waals surface area contributed by atoms with E-state index in [0.717, 1.165) is 10.9 Å². The topological polar surface area (TPSA) is 70.4 Å². The number of pyridine rings is 1. The quantitative estimate of drug-likeness (QED) is 0.743. The van der Waals surface area contributed by atoms with E-state index in [1.165, 1.54) is 6.07 Å². The summed E-state index contributed by atoms with van der Waals surface area (Å²) in [6.07, 6.45) is 1.54. The Hall–Kier alpha value is -2.10. The van der Waals surface area contributed by atoms with Crippen LogP contribution in [0.1, 0.15) is 15.9 Å². The first-order valence-electron chi connectivity index (χ1n) is 4.42. The molecule has 15 heavy (non-hydrogen) atoms. The monoisotopic (exact) mass is 203 g/mol. The highest BCUT2D eigenvalue weighted by Crippen LogP contribution is 2.28. The molecule has 0 radical (unpaired) electrons. The zero-order chi connectivity index (χ0) is 11.0. The molecule has 2 N–H and O–H groups in total. The van der Waals surface area contributed by atoms with Crippen molar-refractivity contribution in [2.45, 2.75) is 6.92 Å². The van der Waals surface area contributed by atoms with E-state index in [4.69, 9.17) is 5.11 Å². The van der Waals surface area contributed by atoms with Crippen molar-refractivity contribution in [2.24, 2.45) is 0 Å². The third-order valence-corrected chi connectivity index (χ3v) is 2.33.